The summed E-state index contributed by atoms with van der Waals surface area (Å²) in [6.45, 7) is 7.54. The lowest BCUT2D eigenvalue weighted by Gasteiger charge is -2.34. The lowest BCUT2D eigenvalue weighted by Crippen LogP contribution is -2.48. The molecule has 3 heterocycles. The number of nitrogens with one attached hydrogen (secondary N) is 2. The first-order valence-electron chi connectivity index (χ1n) is 11.6. The predicted molar refractivity (Wildman–Crippen MR) is 127 cm³/mol. The van der Waals surface area contributed by atoms with E-state index in [4.69, 9.17) is 10.5 Å². The van der Waals surface area contributed by atoms with E-state index in [2.05, 4.69) is 27.4 Å². The first kappa shape index (κ1) is 23.2. The molecule has 1 atom stereocenters. The van der Waals surface area contributed by atoms with Crippen molar-refractivity contribution in [3.05, 3.63) is 47.0 Å². The number of nitrogens with zero attached hydrogens (tertiary/aromatic N) is 4. The van der Waals surface area contributed by atoms with E-state index in [1.165, 1.54) is 4.57 Å². The number of piperazine rings is 1. The van der Waals surface area contributed by atoms with Gasteiger partial charge in [-0.05, 0) is 50.1 Å². The van der Waals surface area contributed by atoms with Crippen LogP contribution in [0.25, 0.3) is 5.69 Å². The normalized spacial score (nSPS) is 18.7. The van der Waals surface area contributed by atoms with E-state index >= 15 is 0 Å². The standard InChI is InChI=1S/C23H33N7O3/c1-17(28-11-6-18(24)7-12-28)16-33-20-4-2-19(3-5-20)30-13-8-21(27-23(30)32)26-22(31)29-14-9-25-10-15-29/h2-5,8,13,17-18,25H,6-7,9-12,14-16,24H2,1H3,(H,26,27,31,32). The summed E-state index contributed by atoms with van der Waals surface area (Å²) in [4.78, 5) is 33.0. The average molecular weight is 456 g/mol. The van der Waals surface area contributed by atoms with E-state index in [0.717, 1.165) is 44.8 Å². The molecule has 2 aliphatic heterocycles. The molecule has 2 amide bonds. The van der Waals surface area contributed by atoms with Gasteiger partial charge in [-0.25, -0.2) is 9.59 Å². The number of anilines is 1. The van der Waals surface area contributed by atoms with Gasteiger partial charge in [0.1, 0.15) is 18.2 Å². The summed E-state index contributed by atoms with van der Waals surface area (Å²) in [5.74, 6) is 0.993. The number of likely N-dealkylation sites (tertiary alicyclic amines) is 1. The number of carbonyl (C=O) groups is 1. The van der Waals surface area contributed by atoms with Gasteiger partial charge in [0, 0.05) is 57.5 Å². The maximum absolute atomic E-state index is 12.5. The molecule has 2 aliphatic rings. The maximum atomic E-state index is 12.5. The van der Waals surface area contributed by atoms with Crippen molar-refractivity contribution in [3.8, 4) is 11.4 Å². The summed E-state index contributed by atoms with van der Waals surface area (Å²) >= 11 is 0. The van der Waals surface area contributed by atoms with Crippen molar-refractivity contribution in [2.75, 3.05) is 51.2 Å². The highest BCUT2D eigenvalue weighted by molar-refractivity contribution is 5.88. The number of carbonyl (C=O) groups excluding carboxylic acids is 1. The van der Waals surface area contributed by atoms with Gasteiger partial charge in [0.25, 0.3) is 0 Å². The quantitative estimate of drug-likeness (QED) is 0.591. The summed E-state index contributed by atoms with van der Waals surface area (Å²) in [5.41, 5.74) is 6.21. The molecule has 2 aromatic rings. The van der Waals surface area contributed by atoms with Gasteiger partial charge in [0.15, 0.2) is 0 Å². The van der Waals surface area contributed by atoms with Gasteiger partial charge in [-0.3, -0.25) is 14.8 Å². The fourth-order valence-corrected chi connectivity index (χ4v) is 4.11. The molecule has 4 N–H and O–H groups in total. The molecular weight excluding hydrogens is 422 g/mol. The average Bonchev–Trinajstić information content (AvgIpc) is 2.84. The Morgan fingerprint density at radius 3 is 2.55 bits per heavy atom. The molecule has 4 rings (SSSR count). The van der Waals surface area contributed by atoms with Gasteiger partial charge >= 0.3 is 11.7 Å². The van der Waals surface area contributed by atoms with Gasteiger partial charge in [-0.2, -0.15) is 4.98 Å². The highest BCUT2D eigenvalue weighted by atomic mass is 16.5. The van der Waals surface area contributed by atoms with E-state index < -0.39 is 5.69 Å². The molecule has 33 heavy (non-hydrogen) atoms. The number of ether oxygens (including phenoxy) is 1. The van der Waals surface area contributed by atoms with Crippen LogP contribution in [0, 0.1) is 0 Å². The molecule has 178 valence electrons. The minimum atomic E-state index is -0.460. The zero-order valence-corrected chi connectivity index (χ0v) is 19.1. The molecule has 1 aromatic carbocycles. The maximum Gasteiger partial charge on any atom is 0.354 e. The van der Waals surface area contributed by atoms with Gasteiger partial charge in [-0.1, -0.05) is 0 Å². The molecular formula is C23H33N7O3. The minimum absolute atomic E-state index is 0.243. The summed E-state index contributed by atoms with van der Waals surface area (Å²) < 4.78 is 7.39. The smallest absolute Gasteiger partial charge is 0.354 e. The Hall–Kier alpha value is -2.95. The minimum Gasteiger partial charge on any atom is -0.492 e. The highest BCUT2D eigenvalue weighted by Crippen LogP contribution is 2.17. The molecule has 10 heteroatoms. The van der Waals surface area contributed by atoms with Crippen LogP contribution < -0.4 is 26.8 Å². The fourth-order valence-electron chi connectivity index (χ4n) is 4.11. The van der Waals surface area contributed by atoms with Crippen molar-refractivity contribution < 1.29 is 9.53 Å². The number of urea groups is 1. The van der Waals surface area contributed by atoms with Gasteiger partial charge < -0.3 is 20.7 Å². The van der Waals surface area contributed by atoms with E-state index in [9.17, 15) is 9.59 Å². The van der Waals surface area contributed by atoms with Crippen LogP contribution >= 0.6 is 0 Å². The van der Waals surface area contributed by atoms with Crippen LogP contribution in [0.4, 0.5) is 10.6 Å². The second-order valence-electron chi connectivity index (χ2n) is 8.66. The summed E-state index contributed by atoms with van der Waals surface area (Å²) in [7, 11) is 0. The van der Waals surface area contributed by atoms with Crippen LogP contribution in [0.5, 0.6) is 5.75 Å². The lowest BCUT2D eigenvalue weighted by atomic mass is 10.0. The first-order valence-corrected chi connectivity index (χ1v) is 11.6. The molecule has 0 saturated carbocycles. The second-order valence-corrected chi connectivity index (χ2v) is 8.66. The molecule has 0 spiro atoms. The van der Waals surface area contributed by atoms with Crippen LogP contribution in [-0.4, -0.2) is 83.3 Å². The Balaban J connectivity index is 1.32. The van der Waals surface area contributed by atoms with Gasteiger partial charge in [0.05, 0.1) is 5.69 Å². The Morgan fingerprint density at radius 1 is 1.18 bits per heavy atom. The van der Waals surface area contributed by atoms with E-state index in [0.29, 0.717) is 37.5 Å². The third kappa shape index (κ3) is 6.10. The summed E-state index contributed by atoms with van der Waals surface area (Å²) in [6, 6.07) is 9.35. The van der Waals surface area contributed by atoms with Gasteiger partial charge in [-0.15, -0.1) is 0 Å². The highest BCUT2D eigenvalue weighted by Gasteiger charge is 2.21. The van der Waals surface area contributed by atoms with Crippen molar-refractivity contribution in [3.63, 3.8) is 0 Å². The van der Waals surface area contributed by atoms with Crippen molar-refractivity contribution in [2.24, 2.45) is 5.73 Å². The molecule has 0 aliphatic carbocycles. The van der Waals surface area contributed by atoms with Crippen molar-refractivity contribution in [2.45, 2.75) is 31.8 Å². The number of rotatable bonds is 6. The number of amides is 2. The molecule has 1 aromatic heterocycles. The zero-order valence-electron chi connectivity index (χ0n) is 19.1. The van der Waals surface area contributed by atoms with Crippen molar-refractivity contribution in [1.82, 2.24) is 24.7 Å². The van der Waals surface area contributed by atoms with Crippen LogP contribution in [0.3, 0.4) is 0 Å². The fraction of sp³-hybridized carbons (Fsp3) is 0.522. The number of piperidine rings is 1. The number of aromatic nitrogens is 2. The van der Waals surface area contributed by atoms with E-state index in [1.807, 2.05) is 24.3 Å². The second kappa shape index (κ2) is 10.8. The number of hydrogen-bond acceptors (Lipinski definition) is 7. The third-order valence-corrected chi connectivity index (χ3v) is 6.25. The van der Waals surface area contributed by atoms with Crippen LogP contribution in [-0.2, 0) is 0 Å². The molecule has 0 bridgehead atoms. The topological polar surface area (TPSA) is 118 Å². The van der Waals surface area contributed by atoms with Crippen LogP contribution in [0.2, 0.25) is 0 Å². The lowest BCUT2D eigenvalue weighted by molar-refractivity contribution is 0.118. The molecule has 10 nitrogen and oxygen atoms in total. The largest absolute Gasteiger partial charge is 0.492 e. The van der Waals surface area contributed by atoms with Crippen LogP contribution in [0.15, 0.2) is 41.3 Å². The Kier molecular flexibility index (Phi) is 7.58. The molecule has 2 fully saturated rings. The van der Waals surface area contributed by atoms with E-state index in [1.54, 1.807) is 17.2 Å². The molecule has 0 radical (unpaired) electrons. The van der Waals surface area contributed by atoms with Crippen molar-refractivity contribution in [1.29, 1.82) is 0 Å². The Labute approximate surface area is 193 Å². The van der Waals surface area contributed by atoms with Gasteiger partial charge in [0.2, 0.25) is 0 Å². The molecule has 2 saturated heterocycles. The molecule has 1 unspecified atom stereocenters. The first-order chi connectivity index (χ1) is 16.0. The van der Waals surface area contributed by atoms with E-state index in [-0.39, 0.29) is 11.8 Å². The van der Waals surface area contributed by atoms with Crippen LogP contribution in [0.1, 0.15) is 19.8 Å². The third-order valence-electron chi connectivity index (χ3n) is 6.25. The monoisotopic (exact) mass is 455 g/mol. The SMILES string of the molecule is CC(COc1ccc(-n2ccc(NC(=O)N3CCNCC3)nc2=O)cc1)N1CCC(N)CC1. The summed E-state index contributed by atoms with van der Waals surface area (Å²) in [5, 5.41) is 5.90. The zero-order chi connectivity index (χ0) is 23.2. The number of nitrogens with two attached hydrogens (primary N) is 1. The number of benzene rings is 1. The Bertz CT molecular complexity index is 980. The Morgan fingerprint density at radius 2 is 1.88 bits per heavy atom. The predicted octanol–water partition coefficient (Wildman–Crippen LogP) is 0.860. The van der Waals surface area contributed by atoms with Crippen molar-refractivity contribution >= 4 is 11.8 Å². The number of hydrogen-bond donors (Lipinski definition) is 3. The summed E-state index contributed by atoms with van der Waals surface area (Å²) in [6.07, 6.45) is 3.67.